The fourth-order valence-corrected chi connectivity index (χ4v) is 4.06. The Hall–Kier alpha value is -2.47. The number of rotatable bonds is 8. The van der Waals surface area contributed by atoms with Gasteiger partial charge in [0.05, 0.1) is 14.5 Å². The Morgan fingerprint density at radius 1 is 1.29 bits per heavy atom. The van der Waals surface area contributed by atoms with Crippen LogP contribution in [0, 0.1) is 9.39 Å². The van der Waals surface area contributed by atoms with Gasteiger partial charge >= 0.3 is 0 Å². The minimum Gasteiger partial charge on any atom is -0.437 e. The smallest absolute Gasteiger partial charge is 0.255 e. The summed E-state index contributed by atoms with van der Waals surface area (Å²) in [5, 5.41) is 7.58. The highest BCUT2D eigenvalue weighted by molar-refractivity contribution is 14.1. The van der Waals surface area contributed by atoms with E-state index in [9.17, 15) is 17.6 Å². The lowest BCUT2D eigenvalue weighted by Crippen LogP contribution is -2.18. The molecule has 0 spiro atoms. The number of unbranched alkanes of at least 4 members (excludes halogenated alkanes) is 1. The molecular weight excluding hydrogens is 536 g/mol. The van der Waals surface area contributed by atoms with Crippen LogP contribution in [0.1, 0.15) is 23.2 Å². The van der Waals surface area contributed by atoms with Gasteiger partial charge in [-0.15, -0.1) is 0 Å². The zero-order valence-electron chi connectivity index (χ0n) is 16.9. The number of allylic oxidation sites excluding steroid dienone is 1. The average molecular weight is 557 g/mol. The van der Waals surface area contributed by atoms with Crippen LogP contribution in [0.15, 0.2) is 46.2 Å². The van der Waals surface area contributed by atoms with E-state index in [1.54, 1.807) is 18.2 Å². The molecule has 164 valence electrons. The second kappa shape index (κ2) is 9.77. The zero-order valence-corrected chi connectivity index (χ0v) is 19.9. The van der Waals surface area contributed by atoms with Gasteiger partial charge in [-0.05, 0) is 65.8 Å². The summed E-state index contributed by atoms with van der Waals surface area (Å²) >= 11 is 2.13. The molecular formula is C21H21FIN3O4S. The van der Waals surface area contributed by atoms with Crippen molar-refractivity contribution in [3.63, 3.8) is 0 Å². The third kappa shape index (κ3) is 5.82. The highest BCUT2D eigenvalue weighted by Crippen LogP contribution is 2.35. The van der Waals surface area contributed by atoms with Gasteiger partial charge in [0, 0.05) is 30.8 Å². The number of aromatic nitrogens is 1. The Morgan fingerprint density at radius 2 is 2.00 bits per heavy atom. The van der Waals surface area contributed by atoms with Crippen molar-refractivity contribution in [1.29, 1.82) is 0 Å². The molecule has 3 rings (SSSR count). The Labute approximate surface area is 193 Å². The molecule has 0 saturated heterocycles. The number of hydrogen-bond acceptors (Lipinski definition) is 6. The first-order chi connectivity index (χ1) is 14.7. The van der Waals surface area contributed by atoms with Gasteiger partial charge in [-0.25, -0.2) is 12.8 Å². The highest BCUT2D eigenvalue weighted by Gasteiger charge is 2.23. The van der Waals surface area contributed by atoms with E-state index in [1.807, 2.05) is 6.07 Å². The molecule has 2 N–H and O–H groups in total. The molecule has 2 aromatic heterocycles. The number of halogens is 2. The van der Waals surface area contributed by atoms with Crippen LogP contribution in [0.2, 0.25) is 0 Å². The molecule has 3 aromatic rings. The average Bonchev–Trinajstić information content (AvgIpc) is 3.07. The van der Waals surface area contributed by atoms with Crippen molar-refractivity contribution >= 4 is 55.3 Å². The van der Waals surface area contributed by atoms with E-state index < -0.39 is 9.84 Å². The number of anilines is 1. The van der Waals surface area contributed by atoms with Crippen LogP contribution in [0.3, 0.4) is 0 Å². The molecule has 0 atom stereocenters. The van der Waals surface area contributed by atoms with Crippen molar-refractivity contribution in [1.82, 2.24) is 10.3 Å². The van der Waals surface area contributed by atoms with Gasteiger partial charge in [0.15, 0.2) is 9.84 Å². The Morgan fingerprint density at radius 3 is 2.65 bits per heavy atom. The number of nitrogens with zero attached hydrogens (tertiary/aromatic N) is 1. The highest BCUT2D eigenvalue weighted by atomic mass is 127. The number of pyridine rings is 1. The van der Waals surface area contributed by atoms with Crippen LogP contribution < -0.4 is 10.6 Å². The number of hydrogen-bond donors (Lipinski definition) is 2. The van der Waals surface area contributed by atoms with Crippen molar-refractivity contribution in [3.8, 4) is 11.3 Å². The van der Waals surface area contributed by atoms with Gasteiger partial charge in [-0.1, -0.05) is 6.08 Å². The summed E-state index contributed by atoms with van der Waals surface area (Å²) in [4.78, 5) is 17.1. The van der Waals surface area contributed by atoms with Crippen molar-refractivity contribution in [2.45, 2.75) is 12.8 Å². The topological polar surface area (TPSA) is 101 Å². The van der Waals surface area contributed by atoms with E-state index in [0.29, 0.717) is 47.5 Å². The summed E-state index contributed by atoms with van der Waals surface area (Å²) in [6.45, 7) is 0.580. The maximum Gasteiger partial charge on any atom is 0.255 e. The lowest BCUT2D eigenvalue weighted by Gasteiger charge is -2.07. The molecule has 0 aliphatic carbocycles. The Kier molecular flexibility index (Phi) is 7.31. The molecule has 0 bridgehead atoms. The van der Waals surface area contributed by atoms with E-state index in [-0.39, 0.29) is 17.4 Å². The van der Waals surface area contributed by atoms with Gasteiger partial charge in [-0.2, -0.15) is 4.98 Å². The largest absolute Gasteiger partial charge is 0.437 e. The molecule has 0 aliphatic heterocycles. The summed E-state index contributed by atoms with van der Waals surface area (Å²) in [6.07, 6.45) is 4.09. The lowest BCUT2D eigenvalue weighted by molar-refractivity contribution is 0.0964. The van der Waals surface area contributed by atoms with E-state index in [1.165, 1.54) is 24.6 Å². The van der Waals surface area contributed by atoms with Crippen LogP contribution in [0.5, 0.6) is 0 Å². The van der Waals surface area contributed by atoms with E-state index >= 15 is 0 Å². The first-order valence-corrected chi connectivity index (χ1v) is 12.4. The molecule has 0 aliphatic rings. The van der Waals surface area contributed by atoms with Crippen molar-refractivity contribution in [2.24, 2.45) is 0 Å². The fraction of sp³-hybridized carbons (Fsp3) is 0.238. The number of amides is 1. The van der Waals surface area contributed by atoms with E-state index in [2.05, 4.69) is 38.2 Å². The van der Waals surface area contributed by atoms with E-state index in [4.69, 9.17) is 4.42 Å². The van der Waals surface area contributed by atoms with Crippen LogP contribution in [-0.2, 0) is 9.84 Å². The predicted octanol–water partition coefficient (Wildman–Crippen LogP) is 4.35. The van der Waals surface area contributed by atoms with Gasteiger partial charge in [-0.3, -0.25) is 4.79 Å². The second-order valence-electron chi connectivity index (χ2n) is 6.83. The Bertz CT molecular complexity index is 1240. The second-order valence-corrected chi connectivity index (χ2v) is 9.93. The zero-order chi connectivity index (χ0) is 22.6. The molecule has 1 amide bonds. The number of nitrogens with one attached hydrogen (secondary N) is 2. The van der Waals surface area contributed by atoms with Crippen molar-refractivity contribution in [3.05, 3.63) is 56.8 Å². The molecule has 7 nitrogen and oxygen atoms in total. The Balaban J connectivity index is 1.88. The minimum atomic E-state index is -3.11. The van der Waals surface area contributed by atoms with Crippen LogP contribution in [-0.4, -0.2) is 39.2 Å². The van der Waals surface area contributed by atoms with E-state index in [0.717, 1.165) is 9.83 Å². The summed E-state index contributed by atoms with van der Waals surface area (Å²) in [5.41, 5.74) is 1.20. The fourth-order valence-electron chi connectivity index (χ4n) is 2.95. The predicted molar refractivity (Wildman–Crippen MR) is 127 cm³/mol. The van der Waals surface area contributed by atoms with Gasteiger partial charge in [0.25, 0.3) is 5.91 Å². The molecule has 1 aromatic carbocycles. The third-order valence-electron chi connectivity index (χ3n) is 4.38. The van der Waals surface area contributed by atoms with Crippen molar-refractivity contribution in [2.75, 3.05) is 25.2 Å². The minimum absolute atomic E-state index is 0.290. The molecule has 0 unspecified atom stereocenters. The maximum atomic E-state index is 13.3. The number of benzene rings is 1. The maximum absolute atomic E-state index is 13.3. The number of fused-ring (bicyclic) bond motifs is 1. The molecule has 0 radical (unpaired) electrons. The molecule has 10 heteroatoms. The van der Waals surface area contributed by atoms with Crippen LogP contribution in [0.25, 0.3) is 22.4 Å². The van der Waals surface area contributed by atoms with Crippen molar-refractivity contribution < 1.29 is 22.0 Å². The monoisotopic (exact) mass is 557 g/mol. The van der Waals surface area contributed by atoms with Crippen LogP contribution >= 0.6 is 22.6 Å². The molecule has 31 heavy (non-hydrogen) atoms. The number of carbonyl (C=O) groups is 1. The summed E-state index contributed by atoms with van der Waals surface area (Å²) in [5.74, 6) is 0.213. The summed E-state index contributed by atoms with van der Waals surface area (Å²) in [7, 11) is -1.58. The summed E-state index contributed by atoms with van der Waals surface area (Å²) in [6, 6.07) is 7.52. The normalized spacial score (nSPS) is 11.9. The molecule has 2 heterocycles. The van der Waals surface area contributed by atoms with Gasteiger partial charge < -0.3 is 15.1 Å². The number of carbonyl (C=O) groups excluding carboxylic acids is 1. The first kappa shape index (κ1) is 23.2. The molecule has 0 fully saturated rings. The van der Waals surface area contributed by atoms with Gasteiger partial charge in [0.1, 0.15) is 17.4 Å². The summed E-state index contributed by atoms with van der Waals surface area (Å²) < 4.78 is 42.2. The SMILES string of the molecule is CNC(=O)c1c(-c2ccc(F)cc2)oc2nc(NCCCC=CS(C)(=O)=O)c(I)cc12. The lowest BCUT2D eigenvalue weighted by atomic mass is 10.1. The quantitative estimate of drug-likeness (QED) is 0.316. The van der Waals surface area contributed by atoms with Crippen LogP contribution in [0.4, 0.5) is 10.2 Å². The molecule has 0 saturated carbocycles. The van der Waals surface area contributed by atoms with Gasteiger partial charge in [0.2, 0.25) is 5.71 Å². The number of furan rings is 1. The number of sulfone groups is 1. The first-order valence-electron chi connectivity index (χ1n) is 9.41. The third-order valence-corrected chi connectivity index (χ3v) is 5.89. The standard InChI is InChI=1S/C21H21FIN3O4S/c1-24-20(27)17-15-12-16(23)19(25-10-4-3-5-11-31(2,28)29)26-21(15)30-18(17)13-6-8-14(22)9-7-13/h5-9,11-12H,3-4,10H2,1-2H3,(H,24,27)(H,25,26).